The zero-order valence-corrected chi connectivity index (χ0v) is 25.6. The first-order valence-corrected chi connectivity index (χ1v) is 16.2. The summed E-state index contributed by atoms with van der Waals surface area (Å²) in [4.78, 5) is 20.2. The lowest BCUT2D eigenvalue weighted by Gasteiger charge is -2.36. The third-order valence-corrected chi connectivity index (χ3v) is 10.9. The lowest BCUT2D eigenvalue weighted by molar-refractivity contribution is -0.274. The topological polar surface area (TPSA) is 104 Å². The monoisotopic (exact) mass is 642 g/mol. The molecule has 14 heteroatoms. The number of hydrogen-bond acceptors (Lipinski definition) is 10. The van der Waals surface area contributed by atoms with Crippen molar-refractivity contribution in [3.8, 4) is 11.5 Å². The summed E-state index contributed by atoms with van der Waals surface area (Å²) >= 11 is 1.37. The van der Waals surface area contributed by atoms with Gasteiger partial charge in [0.25, 0.3) is 0 Å². The molecule has 0 radical (unpaired) electrons. The highest BCUT2D eigenvalue weighted by atomic mass is 32.2. The maximum Gasteiger partial charge on any atom is 0.573 e. The van der Waals surface area contributed by atoms with Gasteiger partial charge in [-0.1, -0.05) is 11.3 Å². The zero-order valence-electron chi connectivity index (χ0n) is 24.0. The molecule has 2 aromatic carbocycles. The van der Waals surface area contributed by atoms with Gasteiger partial charge in [-0.2, -0.15) is 0 Å². The molecule has 0 atom stereocenters. The number of ether oxygens (including phenoxy) is 4. The van der Waals surface area contributed by atoms with Gasteiger partial charge in [0.1, 0.15) is 23.2 Å². The molecule has 2 aliphatic heterocycles. The van der Waals surface area contributed by atoms with Crippen molar-refractivity contribution in [3.63, 3.8) is 0 Å². The summed E-state index contributed by atoms with van der Waals surface area (Å²) < 4.78 is 85.0. The summed E-state index contributed by atoms with van der Waals surface area (Å²) in [7, 11) is -4.12. The Hall–Kier alpha value is -3.10. The fourth-order valence-corrected chi connectivity index (χ4v) is 8.22. The van der Waals surface area contributed by atoms with Crippen molar-refractivity contribution >= 4 is 42.5 Å². The van der Waals surface area contributed by atoms with Gasteiger partial charge >= 0.3 is 12.3 Å². The molecule has 1 aromatic heterocycles. The van der Waals surface area contributed by atoms with Crippen LogP contribution in [-0.4, -0.2) is 68.5 Å². The first-order valence-electron chi connectivity index (χ1n) is 13.9. The van der Waals surface area contributed by atoms with Crippen LogP contribution in [0.2, 0.25) is 0 Å². The van der Waals surface area contributed by atoms with Gasteiger partial charge in [-0.25, -0.2) is 13.4 Å². The van der Waals surface area contributed by atoms with Crippen LogP contribution in [0.5, 0.6) is 11.5 Å². The standard InChI is InChI=1S/C29H33F3N2O7S2/c1-27(2,3)41-25(35)28(12-16-38-17-13-28)43(36,37)22-8-9-23-24(18-22)42-26(33-23)34-14-10-20(11-15-34)39-19-4-6-21(7-5-19)40-29(30,31)32/h4-9,18,20H,10-17H2,1-3H3. The minimum atomic E-state index is -4.75. The third kappa shape index (κ3) is 7.01. The number of carbonyl (C=O) groups excluding carboxylic acids is 1. The second kappa shape index (κ2) is 11.8. The number of carbonyl (C=O) groups is 1. The molecule has 2 saturated heterocycles. The van der Waals surface area contributed by atoms with Crippen molar-refractivity contribution in [3.05, 3.63) is 42.5 Å². The Balaban J connectivity index is 1.27. The average molecular weight is 643 g/mol. The van der Waals surface area contributed by atoms with Crippen LogP contribution in [-0.2, 0) is 24.1 Å². The number of esters is 1. The minimum Gasteiger partial charge on any atom is -0.490 e. The molecule has 3 heterocycles. The molecule has 0 spiro atoms. The number of aromatic nitrogens is 1. The lowest BCUT2D eigenvalue weighted by atomic mass is 9.99. The number of fused-ring (bicyclic) bond motifs is 1. The molecule has 0 saturated carbocycles. The SMILES string of the molecule is CC(C)(C)OC(=O)C1(S(=O)(=O)c2ccc3nc(N4CCC(Oc5ccc(OC(F)(F)F)cc5)CC4)sc3c2)CCOCC1. The number of halogens is 3. The van der Waals surface area contributed by atoms with Crippen molar-refractivity contribution in [1.82, 2.24) is 4.98 Å². The molecule has 9 nitrogen and oxygen atoms in total. The van der Waals surface area contributed by atoms with Gasteiger partial charge in [0, 0.05) is 52.0 Å². The van der Waals surface area contributed by atoms with Crippen molar-refractivity contribution in [2.75, 3.05) is 31.2 Å². The zero-order chi connectivity index (χ0) is 31.0. The second-order valence-corrected chi connectivity index (χ2v) is 14.8. The Morgan fingerprint density at radius 2 is 1.65 bits per heavy atom. The summed E-state index contributed by atoms with van der Waals surface area (Å²) in [6, 6.07) is 10.0. The molecular weight excluding hydrogens is 609 g/mol. The Morgan fingerprint density at radius 1 is 1.02 bits per heavy atom. The molecule has 0 amide bonds. The fourth-order valence-electron chi connectivity index (χ4n) is 5.15. The van der Waals surface area contributed by atoms with Crippen LogP contribution in [0.4, 0.5) is 18.3 Å². The van der Waals surface area contributed by atoms with Gasteiger partial charge < -0.3 is 23.8 Å². The molecule has 0 aliphatic carbocycles. The maximum absolute atomic E-state index is 14.0. The summed E-state index contributed by atoms with van der Waals surface area (Å²) in [6.07, 6.45) is -3.52. The number of nitrogens with zero attached hydrogens (tertiary/aromatic N) is 2. The summed E-state index contributed by atoms with van der Waals surface area (Å²) in [5.41, 5.74) is -0.194. The number of hydrogen-bond donors (Lipinski definition) is 0. The molecule has 2 aliphatic rings. The van der Waals surface area contributed by atoms with E-state index >= 15 is 0 Å². The Labute approximate surface area is 251 Å². The summed E-state index contributed by atoms with van der Waals surface area (Å²) in [6.45, 7) is 6.67. The molecule has 2 fully saturated rings. The van der Waals surface area contributed by atoms with Gasteiger partial charge in [-0.05, 0) is 63.2 Å². The van der Waals surface area contributed by atoms with E-state index in [1.54, 1.807) is 32.9 Å². The molecule has 0 unspecified atom stereocenters. The van der Waals surface area contributed by atoms with E-state index in [0.29, 0.717) is 41.9 Å². The van der Waals surface area contributed by atoms with E-state index in [9.17, 15) is 26.4 Å². The van der Waals surface area contributed by atoms with Crippen LogP contribution in [0.25, 0.3) is 10.2 Å². The predicted octanol–water partition coefficient (Wildman–Crippen LogP) is 5.91. The number of thiazole rings is 1. The summed E-state index contributed by atoms with van der Waals surface area (Å²) in [5, 5.41) is 0.740. The van der Waals surface area contributed by atoms with E-state index in [0.717, 1.165) is 5.13 Å². The molecule has 0 bridgehead atoms. The van der Waals surface area contributed by atoms with Crippen molar-refractivity contribution in [2.24, 2.45) is 0 Å². The van der Waals surface area contributed by atoms with Crippen LogP contribution in [0.15, 0.2) is 47.4 Å². The molecule has 43 heavy (non-hydrogen) atoms. The van der Waals surface area contributed by atoms with Crippen LogP contribution in [0.3, 0.4) is 0 Å². The Bertz CT molecular complexity index is 1550. The van der Waals surface area contributed by atoms with Gasteiger partial charge in [0.05, 0.1) is 15.1 Å². The van der Waals surface area contributed by atoms with Crippen LogP contribution in [0, 0.1) is 0 Å². The number of benzene rings is 2. The maximum atomic E-state index is 14.0. The average Bonchev–Trinajstić information content (AvgIpc) is 3.37. The van der Waals surface area contributed by atoms with E-state index < -0.39 is 32.5 Å². The predicted molar refractivity (Wildman–Crippen MR) is 154 cm³/mol. The van der Waals surface area contributed by atoms with E-state index in [1.807, 2.05) is 0 Å². The fraction of sp³-hybridized carbons (Fsp3) is 0.517. The molecule has 0 N–H and O–H groups in total. The normalized spacial score (nSPS) is 18.4. The smallest absolute Gasteiger partial charge is 0.490 e. The van der Waals surface area contributed by atoms with Gasteiger partial charge in [0.15, 0.2) is 19.7 Å². The molecule has 3 aromatic rings. The number of piperidine rings is 1. The van der Waals surface area contributed by atoms with Crippen molar-refractivity contribution < 1.29 is 45.3 Å². The highest BCUT2D eigenvalue weighted by Gasteiger charge is 2.54. The van der Waals surface area contributed by atoms with Crippen LogP contribution < -0.4 is 14.4 Å². The van der Waals surface area contributed by atoms with Crippen molar-refractivity contribution in [1.29, 1.82) is 0 Å². The Morgan fingerprint density at radius 3 is 2.26 bits per heavy atom. The molecular formula is C29H33F3N2O7S2. The first-order chi connectivity index (χ1) is 20.2. The molecule has 234 valence electrons. The van der Waals surface area contributed by atoms with Gasteiger partial charge in [-0.15, -0.1) is 13.2 Å². The van der Waals surface area contributed by atoms with E-state index in [1.165, 1.54) is 41.7 Å². The highest BCUT2D eigenvalue weighted by molar-refractivity contribution is 7.93. The van der Waals surface area contributed by atoms with E-state index in [-0.39, 0.29) is 42.8 Å². The largest absolute Gasteiger partial charge is 0.573 e. The molecule has 5 rings (SSSR count). The minimum absolute atomic E-state index is 0.0126. The van der Waals surface area contributed by atoms with Crippen LogP contribution >= 0.6 is 11.3 Å². The second-order valence-electron chi connectivity index (χ2n) is 11.6. The number of rotatable bonds is 7. The highest BCUT2D eigenvalue weighted by Crippen LogP contribution is 2.40. The van der Waals surface area contributed by atoms with E-state index in [2.05, 4.69) is 9.64 Å². The summed E-state index contributed by atoms with van der Waals surface area (Å²) in [5.74, 6) is -0.617. The van der Waals surface area contributed by atoms with Crippen molar-refractivity contribution in [2.45, 2.75) is 74.2 Å². The quantitative estimate of drug-likeness (QED) is 0.291. The lowest BCUT2D eigenvalue weighted by Crippen LogP contribution is -2.53. The van der Waals surface area contributed by atoms with E-state index in [4.69, 9.17) is 19.2 Å². The number of sulfone groups is 1. The third-order valence-electron chi connectivity index (χ3n) is 7.32. The number of alkyl halides is 3. The Kier molecular flexibility index (Phi) is 8.58. The van der Waals surface area contributed by atoms with Crippen LogP contribution in [0.1, 0.15) is 46.5 Å². The van der Waals surface area contributed by atoms with Gasteiger partial charge in [0.2, 0.25) is 0 Å². The first kappa shape index (κ1) is 31.3. The number of anilines is 1. The van der Waals surface area contributed by atoms with Gasteiger partial charge in [-0.3, -0.25) is 4.79 Å².